The van der Waals surface area contributed by atoms with E-state index in [1.54, 1.807) is 6.20 Å². The topological polar surface area (TPSA) is 66.5 Å². The lowest BCUT2D eigenvalue weighted by molar-refractivity contribution is 0.462. The minimum absolute atomic E-state index is 0.210. The molecule has 20 heavy (non-hydrogen) atoms. The Kier molecular flexibility index (Phi) is 3.49. The van der Waals surface area contributed by atoms with Crippen LogP contribution in [0.3, 0.4) is 0 Å². The average molecular weight is 290 g/mol. The first kappa shape index (κ1) is 13.2. The van der Waals surface area contributed by atoms with Gasteiger partial charge < -0.3 is 9.88 Å². The van der Waals surface area contributed by atoms with Gasteiger partial charge in [-0.05, 0) is 24.4 Å². The van der Waals surface area contributed by atoms with Gasteiger partial charge in [0, 0.05) is 19.3 Å². The second kappa shape index (κ2) is 5.29. The summed E-state index contributed by atoms with van der Waals surface area (Å²) in [5.74, 6) is 0.684. The Labute approximate surface area is 122 Å². The highest BCUT2D eigenvalue weighted by Gasteiger charge is 2.19. The van der Waals surface area contributed by atoms with Crippen LogP contribution in [0.25, 0.3) is 11.0 Å². The lowest BCUT2D eigenvalue weighted by Crippen LogP contribution is -2.23. The van der Waals surface area contributed by atoms with E-state index in [0.29, 0.717) is 23.1 Å². The molecule has 0 radical (unpaired) electrons. The monoisotopic (exact) mass is 289 g/mol. The third-order valence-corrected chi connectivity index (χ3v) is 4.02. The minimum atomic E-state index is 0.210. The summed E-state index contributed by atoms with van der Waals surface area (Å²) in [4.78, 5) is 8.52. The highest BCUT2D eigenvalue weighted by Crippen LogP contribution is 2.29. The van der Waals surface area contributed by atoms with Crippen LogP contribution >= 0.6 is 11.6 Å². The van der Waals surface area contributed by atoms with Gasteiger partial charge >= 0.3 is 0 Å². The molecule has 6 heteroatoms. The van der Waals surface area contributed by atoms with Gasteiger partial charge in [-0.15, -0.1) is 0 Å². The number of nitrogens with zero attached hydrogens (tertiary/aromatic N) is 4. The van der Waals surface area contributed by atoms with E-state index in [1.165, 1.54) is 19.3 Å². The largest absolute Gasteiger partial charge is 0.367 e. The Morgan fingerprint density at radius 2 is 2.10 bits per heavy atom. The van der Waals surface area contributed by atoms with Crippen molar-refractivity contribution in [3.05, 3.63) is 17.0 Å². The summed E-state index contributed by atoms with van der Waals surface area (Å²) in [7, 11) is 1.86. The van der Waals surface area contributed by atoms with Gasteiger partial charge in [0.2, 0.25) is 5.28 Å². The molecular weight excluding hydrogens is 274 g/mol. The minimum Gasteiger partial charge on any atom is -0.367 e. The summed E-state index contributed by atoms with van der Waals surface area (Å²) < 4.78 is 1.81. The molecule has 2 heterocycles. The lowest BCUT2D eigenvalue weighted by Gasteiger charge is -2.23. The van der Waals surface area contributed by atoms with Crippen LogP contribution in [0, 0.1) is 11.3 Å². The number of nitriles is 1. The van der Waals surface area contributed by atoms with Crippen molar-refractivity contribution in [1.29, 1.82) is 5.26 Å². The van der Waals surface area contributed by atoms with Crippen molar-refractivity contribution in [2.75, 3.05) is 5.32 Å². The molecule has 1 aliphatic rings. The van der Waals surface area contributed by atoms with Crippen LogP contribution in [0.5, 0.6) is 0 Å². The normalized spacial score (nSPS) is 16.2. The first-order valence-corrected chi connectivity index (χ1v) is 7.26. The van der Waals surface area contributed by atoms with E-state index in [-0.39, 0.29) is 5.28 Å². The highest BCUT2D eigenvalue weighted by atomic mass is 35.5. The first-order chi connectivity index (χ1) is 9.69. The van der Waals surface area contributed by atoms with E-state index in [2.05, 4.69) is 21.4 Å². The fourth-order valence-electron chi connectivity index (χ4n) is 2.87. The van der Waals surface area contributed by atoms with Crippen molar-refractivity contribution in [3.63, 3.8) is 0 Å². The molecule has 104 valence electrons. The molecule has 1 saturated carbocycles. The Morgan fingerprint density at radius 1 is 1.35 bits per heavy atom. The zero-order valence-electron chi connectivity index (χ0n) is 11.4. The number of halogens is 1. The molecule has 0 spiro atoms. The Balaban J connectivity index is 2.06. The number of nitrogens with one attached hydrogen (secondary N) is 1. The molecule has 0 atom stereocenters. The molecule has 5 nitrogen and oxygen atoms in total. The van der Waals surface area contributed by atoms with E-state index < -0.39 is 0 Å². The van der Waals surface area contributed by atoms with Crippen molar-refractivity contribution in [2.45, 2.75) is 38.1 Å². The van der Waals surface area contributed by atoms with E-state index in [1.807, 2.05) is 11.6 Å². The van der Waals surface area contributed by atoms with Crippen molar-refractivity contribution in [3.8, 4) is 6.07 Å². The number of rotatable bonds is 2. The number of aryl methyl sites for hydroxylation is 1. The van der Waals surface area contributed by atoms with Crippen LogP contribution in [-0.2, 0) is 7.05 Å². The van der Waals surface area contributed by atoms with E-state index in [0.717, 1.165) is 18.2 Å². The summed E-state index contributed by atoms with van der Waals surface area (Å²) in [6.45, 7) is 0. The molecule has 0 unspecified atom stereocenters. The van der Waals surface area contributed by atoms with Crippen molar-refractivity contribution in [1.82, 2.24) is 14.5 Å². The predicted molar refractivity (Wildman–Crippen MR) is 78.7 cm³/mol. The molecule has 0 aliphatic heterocycles. The molecule has 1 N–H and O–H groups in total. The quantitative estimate of drug-likeness (QED) is 0.862. The summed E-state index contributed by atoms with van der Waals surface area (Å²) in [5.41, 5.74) is 1.28. The van der Waals surface area contributed by atoms with Gasteiger partial charge in [-0.2, -0.15) is 15.2 Å². The molecule has 0 bridgehead atoms. The molecule has 3 rings (SSSR count). The Bertz CT molecular complexity index is 679. The van der Waals surface area contributed by atoms with Gasteiger partial charge in [0.05, 0.1) is 10.9 Å². The molecule has 1 fully saturated rings. The molecule has 2 aromatic heterocycles. The van der Waals surface area contributed by atoms with Crippen molar-refractivity contribution >= 4 is 28.5 Å². The summed E-state index contributed by atoms with van der Waals surface area (Å²) in [6.07, 6.45) is 7.81. The summed E-state index contributed by atoms with van der Waals surface area (Å²) in [5, 5.41) is 13.7. The molecule has 0 aromatic carbocycles. The number of aromatic nitrogens is 3. The second-order valence-electron chi connectivity index (χ2n) is 5.28. The van der Waals surface area contributed by atoms with Crippen LogP contribution < -0.4 is 5.32 Å². The van der Waals surface area contributed by atoms with Gasteiger partial charge in [0.15, 0.2) is 0 Å². The molecular formula is C14H16ClN5. The Morgan fingerprint density at radius 3 is 2.80 bits per heavy atom. The van der Waals surface area contributed by atoms with Crippen molar-refractivity contribution in [2.24, 2.45) is 7.05 Å². The molecule has 1 aliphatic carbocycles. The van der Waals surface area contributed by atoms with Crippen LogP contribution in [0.4, 0.5) is 5.82 Å². The van der Waals surface area contributed by atoms with Crippen molar-refractivity contribution < 1.29 is 0 Å². The number of anilines is 1. The van der Waals surface area contributed by atoms with E-state index >= 15 is 0 Å². The van der Waals surface area contributed by atoms with Gasteiger partial charge in [-0.3, -0.25) is 0 Å². The van der Waals surface area contributed by atoms with Gasteiger partial charge in [0.25, 0.3) is 0 Å². The number of hydrogen-bond donors (Lipinski definition) is 1. The van der Waals surface area contributed by atoms with Crippen LogP contribution in [0.15, 0.2) is 6.20 Å². The molecule has 2 aromatic rings. The van der Waals surface area contributed by atoms with Gasteiger partial charge in [-0.1, -0.05) is 19.3 Å². The SMILES string of the molecule is Cn1cc(C#N)c2c(NC3CCCCC3)nc(Cl)nc21. The highest BCUT2D eigenvalue weighted by molar-refractivity contribution is 6.28. The third-order valence-electron chi connectivity index (χ3n) is 3.86. The fourth-order valence-corrected chi connectivity index (χ4v) is 3.04. The first-order valence-electron chi connectivity index (χ1n) is 6.88. The third kappa shape index (κ3) is 2.32. The summed E-state index contributed by atoms with van der Waals surface area (Å²) in [6, 6.07) is 2.61. The van der Waals surface area contributed by atoms with E-state index in [9.17, 15) is 5.26 Å². The maximum Gasteiger partial charge on any atom is 0.226 e. The summed E-state index contributed by atoms with van der Waals surface area (Å²) >= 11 is 6.01. The van der Waals surface area contributed by atoms with Crippen LogP contribution in [0.2, 0.25) is 5.28 Å². The predicted octanol–water partition coefficient (Wildman–Crippen LogP) is 3.24. The molecule has 0 amide bonds. The average Bonchev–Trinajstić information content (AvgIpc) is 2.77. The molecule has 0 saturated heterocycles. The zero-order chi connectivity index (χ0) is 14.1. The maximum absolute atomic E-state index is 9.27. The Hall–Kier alpha value is -1.80. The van der Waals surface area contributed by atoms with Crippen LogP contribution in [0.1, 0.15) is 37.7 Å². The van der Waals surface area contributed by atoms with Crippen LogP contribution in [-0.4, -0.2) is 20.6 Å². The zero-order valence-corrected chi connectivity index (χ0v) is 12.1. The van der Waals surface area contributed by atoms with Gasteiger partial charge in [0.1, 0.15) is 17.5 Å². The lowest BCUT2D eigenvalue weighted by atomic mass is 9.95. The number of hydrogen-bond acceptors (Lipinski definition) is 4. The fraction of sp³-hybridized carbons (Fsp3) is 0.500. The smallest absolute Gasteiger partial charge is 0.226 e. The number of fused-ring (bicyclic) bond motifs is 1. The van der Waals surface area contributed by atoms with E-state index in [4.69, 9.17) is 11.6 Å². The van der Waals surface area contributed by atoms with Gasteiger partial charge in [-0.25, -0.2) is 0 Å². The second-order valence-corrected chi connectivity index (χ2v) is 5.62. The standard InChI is InChI=1S/C14H16ClN5/c1-20-8-9(7-16)11-12(18-14(15)19-13(11)20)17-10-5-3-2-4-6-10/h8,10H,2-6H2,1H3,(H,17,18,19). The maximum atomic E-state index is 9.27.